The molecule has 0 heterocycles. The van der Waals surface area contributed by atoms with Crippen LogP contribution in [0, 0.1) is 0 Å². The topological polar surface area (TPSA) is 74.2 Å². The summed E-state index contributed by atoms with van der Waals surface area (Å²) < 4.78 is 4.55. The Morgan fingerprint density at radius 3 is 2.50 bits per heavy atom. The molecule has 0 aromatic carbocycles. The Morgan fingerprint density at radius 2 is 1.95 bits per heavy atom. The minimum atomic E-state index is -0.747. The van der Waals surface area contributed by atoms with E-state index < -0.39 is 6.09 Å². The summed E-state index contributed by atoms with van der Waals surface area (Å²) in [6, 6.07) is -0.0850. The van der Waals surface area contributed by atoms with Crippen molar-refractivity contribution in [3.63, 3.8) is 0 Å². The molecule has 7 heteroatoms. The van der Waals surface area contributed by atoms with Gasteiger partial charge in [0.05, 0.1) is 7.11 Å². The number of hydrogen-bond acceptors (Lipinski definition) is 3. The van der Waals surface area contributed by atoms with Gasteiger partial charge in [0.15, 0.2) is 0 Å². The molecule has 7 nitrogen and oxygen atoms in total. The van der Waals surface area contributed by atoms with Crippen LogP contribution in [-0.4, -0.2) is 61.7 Å². The van der Waals surface area contributed by atoms with Crippen LogP contribution in [-0.2, 0) is 4.74 Å². The van der Waals surface area contributed by atoms with Crippen molar-refractivity contribution in [3.8, 4) is 0 Å². The van der Waals surface area contributed by atoms with Gasteiger partial charge < -0.3 is 15.0 Å². The van der Waals surface area contributed by atoms with Gasteiger partial charge in [-0.15, -0.1) is 11.6 Å². The van der Waals surface area contributed by atoms with Gasteiger partial charge in [-0.25, -0.2) is 9.59 Å². The SMILES string of the molecule is C=CCN(C)/C(=N\C(=O)OC)N(C)C(=O)NC1CCCCC1. The Hall–Kier alpha value is -2.05. The molecule has 0 aromatic rings. The molecule has 1 fully saturated rings. The summed E-state index contributed by atoms with van der Waals surface area (Å²) in [4.78, 5) is 30.6. The molecule has 0 atom stereocenters. The summed E-state index contributed by atoms with van der Waals surface area (Å²) in [5, 5.41) is 2.99. The van der Waals surface area contributed by atoms with Gasteiger partial charge in [-0.3, -0.25) is 4.90 Å². The molecule has 0 radical (unpaired) electrons. The fourth-order valence-corrected chi connectivity index (χ4v) is 2.43. The molecule has 124 valence electrons. The highest BCUT2D eigenvalue weighted by Gasteiger charge is 2.23. The summed E-state index contributed by atoms with van der Waals surface area (Å²) in [5.41, 5.74) is 0. The van der Waals surface area contributed by atoms with Crippen LogP contribution in [0.1, 0.15) is 32.1 Å². The molecule has 1 N–H and O–H groups in total. The van der Waals surface area contributed by atoms with Crippen molar-refractivity contribution in [1.29, 1.82) is 0 Å². The van der Waals surface area contributed by atoms with Crippen molar-refractivity contribution in [2.45, 2.75) is 38.1 Å². The first-order valence-electron chi connectivity index (χ1n) is 7.52. The number of guanidine groups is 1. The maximum atomic E-state index is 12.4. The van der Waals surface area contributed by atoms with Crippen molar-refractivity contribution in [1.82, 2.24) is 15.1 Å². The van der Waals surface area contributed by atoms with Crippen molar-refractivity contribution in [3.05, 3.63) is 12.7 Å². The largest absolute Gasteiger partial charge is 0.451 e. The van der Waals surface area contributed by atoms with Crippen LogP contribution in [0.3, 0.4) is 0 Å². The average Bonchev–Trinajstić information content (AvgIpc) is 2.52. The summed E-state index contributed by atoms with van der Waals surface area (Å²) >= 11 is 0. The second kappa shape index (κ2) is 9.07. The van der Waals surface area contributed by atoms with E-state index in [1.165, 1.54) is 18.4 Å². The minimum absolute atomic E-state index is 0.188. The number of amides is 3. The van der Waals surface area contributed by atoms with E-state index in [0.29, 0.717) is 6.54 Å². The molecule has 1 aliphatic rings. The number of methoxy groups -OCH3 is 1. The molecule has 1 rings (SSSR count). The van der Waals surface area contributed by atoms with E-state index in [2.05, 4.69) is 21.6 Å². The van der Waals surface area contributed by atoms with E-state index in [1.54, 1.807) is 25.1 Å². The Kier molecular flexibility index (Phi) is 7.42. The summed E-state index contributed by atoms with van der Waals surface area (Å²) in [6.45, 7) is 4.10. The molecule has 0 unspecified atom stereocenters. The van der Waals surface area contributed by atoms with Gasteiger partial charge in [0, 0.05) is 26.7 Å². The Morgan fingerprint density at radius 1 is 1.32 bits per heavy atom. The lowest BCUT2D eigenvalue weighted by Gasteiger charge is -2.29. The van der Waals surface area contributed by atoms with E-state index in [1.807, 2.05) is 0 Å². The average molecular weight is 310 g/mol. The third-order valence-electron chi connectivity index (χ3n) is 3.65. The van der Waals surface area contributed by atoms with Crippen molar-refractivity contribution in [2.24, 2.45) is 4.99 Å². The highest BCUT2D eigenvalue weighted by molar-refractivity contribution is 6.00. The Labute approximate surface area is 132 Å². The second-order valence-electron chi connectivity index (χ2n) is 5.39. The standard InChI is InChI=1S/C15H26N4O3/c1-5-11-18(2)13(17-15(21)22-4)19(3)14(20)16-12-9-7-6-8-10-12/h5,12H,1,6-11H2,2-4H3,(H,16,20)/b17-13+. The quantitative estimate of drug-likeness (QED) is 0.493. The van der Waals surface area contributed by atoms with Crippen LogP contribution in [0.15, 0.2) is 17.6 Å². The predicted molar refractivity (Wildman–Crippen MR) is 85.8 cm³/mol. The van der Waals surface area contributed by atoms with Crippen LogP contribution >= 0.6 is 0 Å². The van der Waals surface area contributed by atoms with Crippen LogP contribution in [0.4, 0.5) is 9.59 Å². The van der Waals surface area contributed by atoms with Gasteiger partial charge in [0.1, 0.15) is 0 Å². The molecule has 1 aliphatic carbocycles. The molecule has 3 amide bonds. The lowest BCUT2D eigenvalue weighted by molar-refractivity contribution is 0.181. The van der Waals surface area contributed by atoms with Crippen LogP contribution in [0.25, 0.3) is 0 Å². The second-order valence-corrected chi connectivity index (χ2v) is 5.39. The number of urea groups is 1. The predicted octanol–water partition coefficient (Wildman–Crippen LogP) is 2.20. The van der Waals surface area contributed by atoms with Crippen LogP contribution in [0.5, 0.6) is 0 Å². The first kappa shape index (κ1) is 18.0. The Bertz CT molecular complexity index is 431. The number of ether oxygens (including phenoxy) is 1. The van der Waals surface area contributed by atoms with Crippen molar-refractivity contribution in [2.75, 3.05) is 27.7 Å². The molecule has 1 saturated carbocycles. The number of carbonyl (C=O) groups excluding carboxylic acids is 2. The molecule has 0 saturated heterocycles. The summed E-state index contributed by atoms with van der Waals surface area (Å²) in [6.07, 6.45) is 6.39. The van der Waals surface area contributed by atoms with Gasteiger partial charge in [0.2, 0.25) is 5.96 Å². The number of rotatable bonds is 3. The number of hydrogen-bond donors (Lipinski definition) is 1. The zero-order valence-electron chi connectivity index (χ0n) is 13.7. The molecule has 0 spiro atoms. The third-order valence-corrected chi connectivity index (χ3v) is 3.65. The molecule has 0 aliphatic heterocycles. The summed E-state index contributed by atoms with van der Waals surface area (Å²) in [7, 11) is 4.56. The lowest BCUT2D eigenvalue weighted by Crippen LogP contribution is -2.50. The maximum Gasteiger partial charge on any atom is 0.436 e. The summed E-state index contributed by atoms with van der Waals surface area (Å²) in [5.74, 6) is 0.222. The van der Waals surface area contributed by atoms with Gasteiger partial charge >= 0.3 is 12.1 Å². The van der Waals surface area contributed by atoms with E-state index in [9.17, 15) is 9.59 Å². The Balaban J connectivity index is 2.78. The molecule has 22 heavy (non-hydrogen) atoms. The highest BCUT2D eigenvalue weighted by Crippen LogP contribution is 2.17. The number of aliphatic imine (C=N–C) groups is 1. The van der Waals surface area contributed by atoms with E-state index >= 15 is 0 Å². The molecule has 0 aromatic heterocycles. The third kappa shape index (κ3) is 5.38. The van der Waals surface area contributed by atoms with E-state index in [4.69, 9.17) is 0 Å². The lowest BCUT2D eigenvalue weighted by atomic mass is 9.96. The van der Waals surface area contributed by atoms with E-state index in [0.717, 1.165) is 25.7 Å². The molecular weight excluding hydrogens is 284 g/mol. The minimum Gasteiger partial charge on any atom is -0.451 e. The molecular formula is C15H26N4O3. The van der Waals surface area contributed by atoms with Crippen LogP contribution < -0.4 is 5.32 Å². The number of carbonyl (C=O) groups is 2. The van der Waals surface area contributed by atoms with Gasteiger partial charge in [-0.05, 0) is 12.8 Å². The number of likely N-dealkylation sites (N-methyl/N-ethyl adjacent to an activating group) is 1. The fourth-order valence-electron chi connectivity index (χ4n) is 2.43. The van der Waals surface area contributed by atoms with Gasteiger partial charge in [-0.1, -0.05) is 25.3 Å². The monoisotopic (exact) mass is 310 g/mol. The smallest absolute Gasteiger partial charge is 0.436 e. The first-order valence-corrected chi connectivity index (χ1v) is 7.52. The molecule has 0 bridgehead atoms. The number of nitrogens with one attached hydrogen (secondary N) is 1. The highest BCUT2D eigenvalue weighted by atomic mass is 16.5. The zero-order valence-corrected chi connectivity index (χ0v) is 13.7. The zero-order chi connectivity index (χ0) is 16.5. The number of nitrogens with zero attached hydrogens (tertiary/aromatic N) is 3. The van der Waals surface area contributed by atoms with Crippen LogP contribution in [0.2, 0.25) is 0 Å². The van der Waals surface area contributed by atoms with Crippen molar-refractivity contribution < 1.29 is 14.3 Å². The fraction of sp³-hybridized carbons (Fsp3) is 0.667. The first-order chi connectivity index (χ1) is 10.5. The van der Waals surface area contributed by atoms with Crippen molar-refractivity contribution >= 4 is 18.1 Å². The maximum absolute atomic E-state index is 12.4. The normalized spacial score (nSPS) is 15.9. The van der Waals surface area contributed by atoms with Gasteiger partial charge in [0.25, 0.3) is 0 Å². The van der Waals surface area contributed by atoms with E-state index in [-0.39, 0.29) is 18.0 Å². The van der Waals surface area contributed by atoms with Gasteiger partial charge in [-0.2, -0.15) is 0 Å².